The summed E-state index contributed by atoms with van der Waals surface area (Å²) in [6.45, 7) is 7.46. The number of carbonyl (C=O) groups excluding carboxylic acids is 2. The van der Waals surface area contributed by atoms with Crippen molar-refractivity contribution in [2.45, 2.75) is 57.9 Å². The van der Waals surface area contributed by atoms with E-state index in [0.29, 0.717) is 6.54 Å². The van der Waals surface area contributed by atoms with Crippen molar-refractivity contribution in [3.05, 3.63) is 0 Å². The van der Waals surface area contributed by atoms with Crippen LogP contribution in [0.15, 0.2) is 0 Å². The van der Waals surface area contributed by atoms with Crippen LogP contribution in [0.2, 0.25) is 0 Å². The van der Waals surface area contributed by atoms with Crippen LogP contribution in [0.25, 0.3) is 0 Å². The van der Waals surface area contributed by atoms with Gasteiger partial charge in [0, 0.05) is 18.6 Å². The van der Waals surface area contributed by atoms with Gasteiger partial charge in [-0.05, 0) is 69.4 Å². The van der Waals surface area contributed by atoms with Gasteiger partial charge in [0.1, 0.15) is 0 Å². The SMILES string of the molecule is CCN(CC)CCNC(=O)C(=O)NC12CC3CC(CC(C3)C1)C2. The average molecular weight is 321 g/mol. The summed E-state index contributed by atoms with van der Waals surface area (Å²) in [7, 11) is 0. The molecule has 0 aromatic carbocycles. The zero-order valence-electron chi connectivity index (χ0n) is 14.6. The maximum Gasteiger partial charge on any atom is 0.309 e. The molecule has 0 unspecified atom stereocenters. The Bertz CT molecular complexity index is 424. The molecule has 0 saturated heterocycles. The van der Waals surface area contributed by atoms with Gasteiger partial charge in [-0.15, -0.1) is 0 Å². The molecule has 4 aliphatic carbocycles. The summed E-state index contributed by atoms with van der Waals surface area (Å²) in [5.74, 6) is 1.42. The van der Waals surface area contributed by atoms with E-state index in [1.54, 1.807) is 0 Å². The van der Waals surface area contributed by atoms with Gasteiger partial charge in [-0.1, -0.05) is 13.8 Å². The predicted octanol–water partition coefficient (Wildman–Crippen LogP) is 1.53. The molecule has 4 saturated carbocycles. The van der Waals surface area contributed by atoms with Gasteiger partial charge < -0.3 is 15.5 Å². The van der Waals surface area contributed by atoms with Crippen molar-refractivity contribution in [3.63, 3.8) is 0 Å². The molecular formula is C18H31N3O2. The van der Waals surface area contributed by atoms with E-state index < -0.39 is 11.8 Å². The van der Waals surface area contributed by atoms with Gasteiger partial charge in [0.05, 0.1) is 0 Å². The third-order valence-corrected chi connectivity index (χ3v) is 6.23. The number of hydrogen-bond donors (Lipinski definition) is 2. The number of hydrogen-bond acceptors (Lipinski definition) is 3. The predicted molar refractivity (Wildman–Crippen MR) is 89.8 cm³/mol. The minimum atomic E-state index is -0.465. The Morgan fingerprint density at radius 3 is 1.96 bits per heavy atom. The minimum Gasteiger partial charge on any atom is -0.347 e. The number of likely N-dealkylation sites (N-methyl/N-ethyl adjacent to an activating group) is 1. The smallest absolute Gasteiger partial charge is 0.309 e. The van der Waals surface area contributed by atoms with Crippen LogP contribution in [-0.2, 0) is 9.59 Å². The van der Waals surface area contributed by atoms with Crippen LogP contribution in [0, 0.1) is 17.8 Å². The topological polar surface area (TPSA) is 61.4 Å². The van der Waals surface area contributed by atoms with Crippen molar-refractivity contribution in [1.82, 2.24) is 15.5 Å². The first-order valence-electron chi connectivity index (χ1n) is 9.36. The molecule has 4 fully saturated rings. The fraction of sp³-hybridized carbons (Fsp3) is 0.889. The highest BCUT2D eigenvalue weighted by molar-refractivity contribution is 6.35. The Labute approximate surface area is 139 Å². The van der Waals surface area contributed by atoms with Gasteiger partial charge in [-0.2, -0.15) is 0 Å². The van der Waals surface area contributed by atoms with Crippen LogP contribution in [0.5, 0.6) is 0 Å². The van der Waals surface area contributed by atoms with Gasteiger partial charge in [0.2, 0.25) is 0 Å². The van der Waals surface area contributed by atoms with Gasteiger partial charge in [-0.3, -0.25) is 9.59 Å². The largest absolute Gasteiger partial charge is 0.347 e. The fourth-order valence-corrected chi connectivity index (χ4v) is 5.51. The first-order valence-corrected chi connectivity index (χ1v) is 9.36. The zero-order chi connectivity index (χ0) is 16.4. The highest BCUT2D eigenvalue weighted by Gasteiger charge is 2.51. The molecule has 2 N–H and O–H groups in total. The van der Waals surface area contributed by atoms with Gasteiger partial charge >= 0.3 is 11.8 Å². The first-order chi connectivity index (χ1) is 11.0. The van der Waals surface area contributed by atoms with E-state index in [0.717, 1.165) is 56.7 Å². The first kappa shape index (κ1) is 16.7. The number of rotatable bonds is 6. The summed E-state index contributed by atoms with van der Waals surface area (Å²) in [4.78, 5) is 26.6. The van der Waals surface area contributed by atoms with Gasteiger partial charge in [0.25, 0.3) is 0 Å². The van der Waals surface area contributed by atoms with Crippen molar-refractivity contribution >= 4 is 11.8 Å². The van der Waals surface area contributed by atoms with Crippen molar-refractivity contribution < 1.29 is 9.59 Å². The maximum absolute atomic E-state index is 12.3. The van der Waals surface area contributed by atoms with E-state index in [1.165, 1.54) is 19.3 Å². The molecule has 4 bridgehead atoms. The third-order valence-electron chi connectivity index (χ3n) is 6.23. The normalized spacial score (nSPS) is 34.7. The van der Waals surface area contributed by atoms with E-state index in [2.05, 4.69) is 29.4 Å². The molecule has 0 atom stereocenters. The second kappa shape index (κ2) is 6.80. The van der Waals surface area contributed by atoms with E-state index in [-0.39, 0.29) is 5.54 Å². The standard InChI is InChI=1S/C18H31N3O2/c1-3-21(4-2)6-5-19-16(22)17(23)20-18-10-13-7-14(11-18)9-15(8-13)12-18/h13-15H,3-12H2,1-2H3,(H,19,22)(H,20,23). The van der Waals surface area contributed by atoms with E-state index >= 15 is 0 Å². The maximum atomic E-state index is 12.3. The molecular weight excluding hydrogens is 290 g/mol. The lowest BCUT2D eigenvalue weighted by molar-refractivity contribution is -0.142. The molecule has 5 nitrogen and oxygen atoms in total. The quantitative estimate of drug-likeness (QED) is 0.729. The summed E-state index contributed by atoms with van der Waals surface area (Å²) >= 11 is 0. The number of nitrogens with one attached hydrogen (secondary N) is 2. The minimum absolute atomic E-state index is 0.0813. The van der Waals surface area contributed by atoms with Gasteiger partial charge in [-0.25, -0.2) is 0 Å². The molecule has 0 heterocycles. The number of amides is 2. The second-order valence-corrected chi connectivity index (χ2v) is 7.93. The summed E-state index contributed by atoms with van der Waals surface area (Å²) < 4.78 is 0. The van der Waals surface area contributed by atoms with Crippen molar-refractivity contribution in [2.24, 2.45) is 17.8 Å². The third kappa shape index (κ3) is 3.70. The molecule has 2 amide bonds. The average Bonchev–Trinajstić information content (AvgIpc) is 2.49. The second-order valence-electron chi connectivity index (χ2n) is 7.93. The van der Waals surface area contributed by atoms with Crippen LogP contribution < -0.4 is 10.6 Å². The number of carbonyl (C=O) groups is 2. The van der Waals surface area contributed by atoms with Crippen LogP contribution in [-0.4, -0.2) is 48.4 Å². The molecule has 4 rings (SSSR count). The lowest BCUT2D eigenvalue weighted by Gasteiger charge is -2.56. The van der Waals surface area contributed by atoms with Crippen LogP contribution in [0.4, 0.5) is 0 Å². The fourth-order valence-electron chi connectivity index (χ4n) is 5.51. The molecule has 5 heteroatoms. The molecule has 0 aliphatic heterocycles. The molecule has 4 aliphatic rings. The van der Waals surface area contributed by atoms with Crippen molar-refractivity contribution in [3.8, 4) is 0 Å². The van der Waals surface area contributed by atoms with Crippen molar-refractivity contribution in [1.29, 1.82) is 0 Å². The van der Waals surface area contributed by atoms with Crippen LogP contribution in [0.3, 0.4) is 0 Å². The molecule has 0 aromatic rings. The van der Waals surface area contributed by atoms with Crippen LogP contribution in [0.1, 0.15) is 52.4 Å². The Kier molecular flexibility index (Phi) is 4.95. The monoisotopic (exact) mass is 321 g/mol. The Morgan fingerprint density at radius 1 is 0.957 bits per heavy atom. The summed E-state index contributed by atoms with van der Waals surface area (Å²) in [5.41, 5.74) is -0.0813. The molecule has 0 radical (unpaired) electrons. The van der Waals surface area contributed by atoms with E-state index in [1.807, 2.05) is 0 Å². The molecule has 0 spiro atoms. The summed E-state index contributed by atoms with van der Waals surface area (Å²) in [6.07, 6.45) is 7.26. The van der Waals surface area contributed by atoms with E-state index in [9.17, 15) is 9.59 Å². The number of nitrogens with zero attached hydrogens (tertiary/aromatic N) is 1. The van der Waals surface area contributed by atoms with E-state index in [4.69, 9.17) is 0 Å². The summed E-state index contributed by atoms with van der Waals surface area (Å²) in [6, 6.07) is 0. The van der Waals surface area contributed by atoms with Crippen LogP contribution >= 0.6 is 0 Å². The highest BCUT2D eigenvalue weighted by Crippen LogP contribution is 2.55. The molecule has 0 aromatic heterocycles. The highest BCUT2D eigenvalue weighted by atomic mass is 16.2. The zero-order valence-corrected chi connectivity index (χ0v) is 14.6. The molecule has 130 valence electrons. The van der Waals surface area contributed by atoms with Gasteiger partial charge in [0.15, 0.2) is 0 Å². The Hall–Kier alpha value is -1.10. The lowest BCUT2D eigenvalue weighted by atomic mass is 9.53. The van der Waals surface area contributed by atoms with Crippen molar-refractivity contribution in [2.75, 3.05) is 26.2 Å². The lowest BCUT2D eigenvalue weighted by Crippen LogP contribution is -2.61. The molecule has 23 heavy (non-hydrogen) atoms. The summed E-state index contributed by atoms with van der Waals surface area (Å²) in [5, 5.41) is 5.90. The Morgan fingerprint density at radius 2 is 1.48 bits per heavy atom. The Balaban J connectivity index is 1.48.